The second-order valence-electron chi connectivity index (χ2n) is 4.66. The molecule has 0 radical (unpaired) electrons. The summed E-state index contributed by atoms with van der Waals surface area (Å²) in [6, 6.07) is 0. The third kappa shape index (κ3) is 7.14. The molecule has 0 spiro atoms. The van der Waals surface area contributed by atoms with Crippen LogP contribution in [0.5, 0.6) is 0 Å². The number of nitrogens with one attached hydrogen (secondary N) is 1. The highest BCUT2D eigenvalue weighted by atomic mass is 16.6. The predicted molar refractivity (Wildman–Crippen MR) is 73.4 cm³/mol. The number of carbonyl (C=O) groups is 1. The molecule has 5 unspecified atom stereocenters. The second-order valence-corrected chi connectivity index (χ2v) is 4.66. The number of ether oxygens (including phenoxy) is 1. The molecule has 0 bridgehead atoms. The van der Waals surface area contributed by atoms with Crippen LogP contribution >= 0.6 is 0 Å². The van der Waals surface area contributed by atoms with Gasteiger partial charge in [-0.2, -0.15) is 0 Å². The maximum absolute atomic E-state index is 9.64. The minimum Gasteiger partial charge on any atom is -0.480 e. The summed E-state index contributed by atoms with van der Waals surface area (Å²) in [5.41, 5.74) is 4.57. The number of aliphatic hydroxyl groups is 4. The third-order valence-corrected chi connectivity index (χ3v) is 2.94. The first-order valence-corrected chi connectivity index (χ1v) is 6.84. The zero-order valence-corrected chi connectivity index (χ0v) is 12.1. The molecule has 0 aromatic rings. The minimum absolute atomic E-state index is 0.278. The summed E-state index contributed by atoms with van der Waals surface area (Å²) in [6.45, 7) is 2.02. The molecule has 1 aliphatic rings. The van der Waals surface area contributed by atoms with Crippen LogP contribution in [0.25, 0.3) is 0 Å². The highest BCUT2D eigenvalue weighted by molar-refractivity contribution is 5.68. The number of carboxylic acid groups (broad SMARTS) is 1. The van der Waals surface area contributed by atoms with Crippen LogP contribution in [0.15, 0.2) is 0 Å². The van der Waals surface area contributed by atoms with Crippen LogP contribution < -0.4 is 11.1 Å². The summed E-state index contributed by atoms with van der Waals surface area (Å²) in [6.07, 6.45) is -3.43. The number of hydrogen-bond acceptors (Lipinski definition) is 8. The van der Waals surface area contributed by atoms with Crippen LogP contribution in [0.2, 0.25) is 0 Å². The molecule has 0 amide bonds. The molecule has 21 heavy (non-hydrogen) atoms. The fourth-order valence-electron chi connectivity index (χ4n) is 1.69. The number of unbranched alkanes of at least 4 members (excludes halogenated alkanes) is 1. The van der Waals surface area contributed by atoms with Gasteiger partial charge in [0.05, 0.1) is 13.2 Å². The molecule has 1 heterocycles. The van der Waals surface area contributed by atoms with Crippen LogP contribution in [-0.4, -0.2) is 81.8 Å². The molecule has 0 aliphatic carbocycles. The number of aliphatic carboxylic acids is 1. The molecule has 1 fully saturated rings. The molecule has 9 heteroatoms. The van der Waals surface area contributed by atoms with Gasteiger partial charge in [0.15, 0.2) is 0 Å². The van der Waals surface area contributed by atoms with E-state index in [-0.39, 0.29) is 6.54 Å². The Kier molecular flexibility index (Phi) is 10.4. The van der Waals surface area contributed by atoms with Crippen molar-refractivity contribution in [2.45, 2.75) is 50.4 Å². The topological polar surface area (TPSA) is 166 Å². The van der Waals surface area contributed by atoms with E-state index in [2.05, 4.69) is 11.1 Å². The van der Waals surface area contributed by atoms with Crippen molar-refractivity contribution in [3.63, 3.8) is 0 Å². The van der Waals surface area contributed by atoms with Crippen molar-refractivity contribution >= 4 is 5.97 Å². The molecule has 0 aromatic carbocycles. The monoisotopic (exact) mass is 310 g/mol. The van der Waals surface area contributed by atoms with E-state index in [1.165, 1.54) is 0 Å². The first-order chi connectivity index (χ1) is 9.88. The van der Waals surface area contributed by atoms with Crippen LogP contribution in [-0.2, 0) is 9.53 Å². The lowest BCUT2D eigenvalue weighted by atomic mass is 9.98. The Balaban J connectivity index is 0.000000690. The lowest BCUT2D eigenvalue weighted by Gasteiger charge is -2.40. The van der Waals surface area contributed by atoms with Crippen molar-refractivity contribution in [1.29, 1.82) is 0 Å². The normalized spacial score (nSPS) is 32.2. The van der Waals surface area contributed by atoms with E-state index in [1.54, 1.807) is 0 Å². The van der Waals surface area contributed by atoms with Gasteiger partial charge in [-0.05, 0) is 13.0 Å². The number of aliphatic hydroxyl groups excluding tert-OH is 4. The first kappa shape index (κ1) is 20.2. The summed E-state index contributed by atoms with van der Waals surface area (Å²) in [4.78, 5) is 9.24. The van der Waals surface area contributed by atoms with E-state index >= 15 is 0 Å². The maximum Gasteiger partial charge on any atom is 0.317 e. The van der Waals surface area contributed by atoms with Crippen molar-refractivity contribution in [1.82, 2.24) is 5.32 Å². The van der Waals surface area contributed by atoms with E-state index in [0.29, 0.717) is 6.54 Å². The standard InChI is InChI=1S/C10H21NO5.C2H5NO2/c1-2-3-4-11-10-9(15)8(14)7(13)6(5-12)16-10;3-1-2(4)5/h6-15H,2-5H2,1H3;1,3H2,(H,4,5). The van der Waals surface area contributed by atoms with Gasteiger partial charge >= 0.3 is 5.97 Å². The molecule has 9 nitrogen and oxygen atoms in total. The zero-order chi connectivity index (χ0) is 16.4. The minimum atomic E-state index is -1.30. The Hall–Kier alpha value is -0.810. The van der Waals surface area contributed by atoms with E-state index in [0.717, 1.165) is 12.8 Å². The molecule has 5 atom stereocenters. The van der Waals surface area contributed by atoms with Gasteiger partial charge in [0.25, 0.3) is 0 Å². The van der Waals surface area contributed by atoms with Crippen molar-refractivity contribution in [2.75, 3.05) is 19.7 Å². The predicted octanol–water partition coefficient (Wildman–Crippen LogP) is -2.79. The molecule has 8 N–H and O–H groups in total. The second kappa shape index (κ2) is 10.9. The van der Waals surface area contributed by atoms with Crippen molar-refractivity contribution < 1.29 is 35.1 Å². The summed E-state index contributed by atoms with van der Waals surface area (Å²) in [7, 11) is 0. The molecule has 1 saturated heterocycles. The Morgan fingerprint density at radius 3 is 2.24 bits per heavy atom. The Bertz CT molecular complexity index is 291. The van der Waals surface area contributed by atoms with Gasteiger partial charge in [-0.25, -0.2) is 0 Å². The van der Waals surface area contributed by atoms with Crippen molar-refractivity contribution in [3.05, 3.63) is 0 Å². The van der Waals surface area contributed by atoms with Gasteiger partial charge in [0.1, 0.15) is 30.6 Å². The SMILES string of the molecule is CCCCNC1OC(CO)C(O)C(O)C1O.NCC(=O)O. The molecular formula is C12H26N2O7. The van der Waals surface area contributed by atoms with E-state index < -0.39 is 43.2 Å². The van der Waals surface area contributed by atoms with E-state index in [4.69, 9.17) is 14.9 Å². The van der Waals surface area contributed by atoms with Crippen LogP contribution in [0, 0.1) is 0 Å². The van der Waals surface area contributed by atoms with Crippen LogP contribution in [0.3, 0.4) is 0 Å². The smallest absolute Gasteiger partial charge is 0.317 e. The number of carboxylic acids is 1. The van der Waals surface area contributed by atoms with Gasteiger partial charge in [-0.3, -0.25) is 10.1 Å². The van der Waals surface area contributed by atoms with Crippen LogP contribution in [0.1, 0.15) is 19.8 Å². The molecule has 126 valence electrons. The third-order valence-electron chi connectivity index (χ3n) is 2.94. The number of hydrogen-bond donors (Lipinski definition) is 7. The lowest BCUT2D eigenvalue weighted by Crippen LogP contribution is -2.62. The number of rotatable bonds is 6. The average Bonchev–Trinajstić information content (AvgIpc) is 2.48. The molecule has 0 aromatic heterocycles. The fraction of sp³-hybridized carbons (Fsp3) is 0.917. The maximum atomic E-state index is 9.64. The zero-order valence-electron chi connectivity index (χ0n) is 12.1. The number of nitrogens with two attached hydrogens (primary N) is 1. The Morgan fingerprint density at radius 1 is 1.24 bits per heavy atom. The Labute approximate surface area is 123 Å². The van der Waals surface area contributed by atoms with E-state index in [9.17, 15) is 20.1 Å². The summed E-state index contributed by atoms with van der Waals surface area (Å²) in [5.74, 6) is -0.968. The molecule has 1 rings (SSSR count). The molecule has 1 aliphatic heterocycles. The van der Waals surface area contributed by atoms with Gasteiger partial charge in [0, 0.05) is 0 Å². The lowest BCUT2D eigenvalue weighted by molar-refractivity contribution is -0.236. The van der Waals surface area contributed by atoms with Gasteiger partial charge in [-0.1, -0.05) is 13.3 Å². The Morgan fingerprint density at radius 2 is 1.81 bits per heavy atom. The summed E-state index contributed by atoms with van der Waals surface area (Å²) in [5, 5.41) is 48.1. The van der Waals surface area contributed by atoms with Gasteiger partial charge < -0.3 is 36.0 Å². The fourth-order valence-corrected chi connectivity index (χ4v) is 1.69. The largest absolute Gasteiger partial charge is 0.480 e. The van der Waals surface area contributed by atoms with Gasteiger partial charge in [0.2, 0.25) is 0 Å². The summed E-state index contributed by atoms with van der Waals surface area (Å²) >= 11 is 0. The first-order valence-electron chi connectivity index (χ1n) is 6.84. The highest BCUT2D eigenvalue weighted by Gasteiger charge is 2.42. The molecular weight excluding hydrogens is 284 g/mol. The van der Waals surface area contributed by atoms with Crippen LogP contribution in [0.4, 0.5) is 0 Å². The van der Waals surface area contributed by atoms with Crippen molar-refractivity contribution in [3.8, 4) is 0 Å². The van der Waals surface area contributed by atoms with E-state index in [1.807, 2.05) is 6.92 Å². The average molecular weight is 310 g/mol. The quantitative estimate of drug-likeness (QED) is 0.257. The molecule has 0 saturated carbocycles. The summed E-state index contributed by atoms with van der Waals surface area (Å²) < 4.78 is 5.26. The highest BCUT2D eigenvalue weighted by Crippen LogP contribution is 2.19. The van der Waals surface area contributed by atoms with Crippen molar-refractivity contribution in [2.24, 2.45) is 5.73 Å². The van der Waals surface area contributed by atoms with Gasteiger partial charge in [-0.15, -0.1) is 0 Å².